The number of carbonyl (C=O) groups is 1. The second-order valence-corrected chi connectivity index (χ2v) is 5.97. The summed E-state index contributed by atoms with van der Waals surface area (Å²) in [5, 5.41) is 2.95. The van der Waals surface area contributed by atoms with Crippen LogP contribution in [0.4, 0.5) is 5.69 Å². The van der Waals surface area contributed by atoms with E-state index in [9.17, 15) is 4.79 Å². The predicted octanol–water partition coefficient (Wildman–Crippen LogP) is 1.64. The topological polar surface area (TPSA) is 67.6 Å². The molecule has 0 spiro atoms. The molecule has 0 bridgehead atoms. The number of halogens is 1. The first-order valence-corrected chi connectivity index (χ1v) is 8.07. The van der Waals surface area contributed by atoms with Gasteiger partial charge in [0.15, 0.2) is 0 Å². The summed E-state index contributed by atoms with van der Waals surface area (Å²) in [6.07, 6.45) is 0.922. The normalized spacial score (nSPS) is 18.6. The third-order valence-corrected chi connectivity index (χ3v) is 4.04. The molecule has 0 aliphatic carbocycles. The summed E-state index contributed by atoms with van der Waals surface area (Å²) in [7, 11) is 0. The fraction of sp³-hybridized carbons (Fsp3) is 0.533. The van der Waals surface area contributed by atoms with E-state index in [1.807, 2.05) is 25.1 Å². The average molecular weight is 356 g/mol. The van der Waals surface area contributed by atoms with Crippen LogP contribution in [0.3, 0.4) is 0 Å². The van der Waals surface area contributed by atoms with Crippen LogP contribution < -0.4 is 16.0 Å². The highest BCUT2D eigenvalue weighted by Gasteiger charge is 2.30. The third-order valence-electron chi connectivity index (χ3n) is 3.55. The van der Waals surface area contributed by atoms with Crippen molar-refractivity contribution in [3.63, 3.8) is 0 Å². The molecule has 1 fully saturated rings. The first kappa shape index (κ1) is 16.3. The SMILES string of the molecule is CCCNC(=O)C1COCCN1c1ccc(Br)cc1CN. The van der Waals surface area contributed by atoms with E-state index in [0.717, 1.165) is 22.1 Å². The van der Waals surface area contributed by atoms with Crippen molar-refractivity contribution in [2.24, 2.45) is 5.73 Å². The van der Waals surface area contributed by atoms with E-state index in [1.165, 1.54) is 0 Å². The molecule has 1 aromatic carbocycles. The predicted molar refractivity (Wildman–Crippen MR) is 87.3 cm³/mol. The minimum atomic E-state index is -0.295. The maximum Gasteiger partial charge on any atom is 0.245 e. The molecule has 1 aliphatic heterocycles. The number of carbonyl (C=O) groups excluding carboxylic acids is 1. The summed E-state index contributed by atoms with van der Waals surface area (Å²) in [5.41, 5.74) is 7.89. The number of hydrogen-bond acceptors (Lipinski definition) is 4. The van der Waals surface area contributed by atoms with Crippen LogP contribution in [0.1, 0.15) is 18.9 Å². The third kappa shape index (κ3) is 3.96. The summed E-state index contributed by atoms with van der Waals surface area (Å²) in [6.45, 7) is 4.89. The van der Waals surface area contributed by atoms with E-state index < -0.39 is 0 Å². The first-order valence-electron chi connectivity index (χ1n) is 7.28. The van der Waals surface area contributed by atoms with Gasteiger partial charge in [-0.2, -0.15) is 0 Å². The van der Waals surface area contributed by atoms with Crippen LogP contribution in [0.5, 0.6) is 0 Å². The van der Waals surface area contributed by atoms with Crippen LogP contribution in [-0.2, 0) is 16.1 Å². The van der Waals surface area contributed by atoms with E-state index >= 15 is 0 Å². The number of morpholine rings is 1. The van der Waals surface area contributed by atoms with Gasteiger partial charge >= 0.3 is 0 Å². The number of benzene rings is 1. The number of nitrogens with two attached hydrogens (primary N) is 1. The van der Waals surface area contributed by atoms with Crippen LogP contribution in [0, 0.1) is 0 Å². The Morgan fingerprint density at radius 3 is 3.10 bits per heavy atom. The lowest BCUT2D eigenvalue weighted by atomic mass is 10.1. The van der Waals surface area contributed by atoms with Gasteiger partial charge in [0.25, 0.3) is 0 Å². The van der Waals surface area contributed by atoms with E-state index in [2.05, 4.69) is 26.1 Å². The zero-order chi connectivity index (χ0) is 15.2. The number of hydrogen-bond donors (Lipinski definition) is 2. The molecule has 1 amide bonds. The fourth-order valence-electron chi connectivity index (χ4n) is 2.47. The molecule has 21 heavy (non-hydrogen) atoms. The molecule has 6 heteroatoms. The Hall–Kier alpha value is -1.11. The Bertz CT molecular complexity index is 496. The lowest BCUT2D eigenvalue weighted by Gasteiger charge is -2.37. The number of nitrogens with one attached hydrogen (secondary N) is 1. The van der Waals surface area contributed by atoms with Crippen LogP contribution in [-0.4, -0.2) is 38.3 Å². The zero-order valence-electron chi connectivity index (χ0n) is 12.3. The molecule has 1 saturated heterocycles. The van der Waals surface area contributed by atoms with Crippen molar-refractivity contribution >= 4 is 27.5 Å². The summed E-state index contributed by atoms with van der Waals surface area (Å²) in [5.74, 6) is 0.0161. The van der Waals surface area contributed by atoms with E-state index in [0.29, 0.717) is 32.8 Å². The van der Waals surface area contributed by atoms with Crippen LogP contribution >= 0.6 is 15.9 Å². The molecule has 1 heterocycles. The van der Waals surface area contributed by atoms with Gasteiger partial charge in [0.1, 0.15) is 6.04 Å². The number of nitrogens with zero attached hydrogens (tertiary/aromatic N) is 1. The largest absolute Gasteiger partial charge is 0.377 e. The molecule has 0 aromatic heterocycles. The summed E-state index contributed by atoms with van der Waals surface area (Å²) in [4.78, 5) is 14.4. The van der Waals surface area contributed by atoms with E-state index in [1.54, 1.807) is 0 Å². The Morgan fingerprint density at radius 1 is 1.57 bits per heavy atom. The molecule has 0 radical (unpaired) electrons. The highest BCUT2D eigenvalue weighted by atomic mass is 79.9. The highest BCUT2D eigenvalue weighted by Crippen LogP contribution is 2.27. The Kier molecular flexibility index (Phi) is 6.02. The van der Waals surface area contributed by atoms with Gasteiger partial charge in [-0.05, 0) is 30.2 Å². The van der Waals surface area contributed by atoms with Crippen molar-refractivity contribution < 1.29 is 9.53 Å². The Labute approximate surface area is 134 Å². The molecule has 0 saturated carbocycles. The van der Waals surface area contributed by atoms with Gasteiger partial charge in [-0.3, -0.25) is 4.79 Å². The van der Waals surface area contributed by atoms with Crippen LogP contribution in [0.2, 0.25) is 0 Å². The molecule has 1 aromatic rings. The smallest absolute Gasteiger partial charge is 0.245 e. The number of anilines is 1. The minimum Gasteiger partial charge on any atom is -0.377 e. The zero-order valence-corrected chi connectivity index (χ0v) is 13.9. The second-order valence-electron chi connectivity index (χ2n) is 5.05. The molecule has 1 atom stereocenters. The number of ether oxygens (including phenoxy) is 1. The molecule has 5 nitrogen and oxygen atoms in total. The van der Waals surface area contributed by atoms with Crippen molar-refractivity contribution in [3.05, 3.63) is 28.2 Å². The monoisotopic (exact) mass is 355 g/mol. The summed E-state index contributed by atoms with van der Waals surface area (Å²) in [6, 6.07) is 5.70. The molecular weight excluding hydrogens is 334 g/mol. The van der Waals surface area contributed by atoms with Crippen LogP contribution in [0.15, 0.2) is 22.7 Å². The molecule has 116 valence electrons. The molecule has 1 aliphatic rings. The maximum absolute atomic E-state index is 12.3. The fourth-order valence-corrected chi connectivity index (χ4v) is 2.88. The lowest BCUT2D eigenvalue weighted by Crippen LogP contribution is -2.54. The van der Waals surface area contributed by atoms with Crippen molar-refractivity contribution in [1.82, 2.24) is 5.32 Å². The quantitative estimate of drug-likeness (QED) is 0.842. The van der Waals surface area contributed by atoms with Gasteiger partial charge in [0.2, 0.25) is 5.91 Å². The van der Waals surface area contributed by atoms with E-state index in [-0.39, 0.29) is 11.9 Å². The Balaban J connectivity index is 2.24. The average Bonchev–Trinajstić information content (AvgIpc) is 2.52. The minimum absolute atomic E-state index is 0.0161. The van der Waals surface area contributed by atoms with Gasteiger partial charge in [0, 0.05) is 29.8 Å². The van der Waals surface area contributed by atoms with E-state index in [4.69, 9.17) is 10.5 Å². The van der Waals surface area contributed by atoms with Gasteiger partial charge in [-0.1, -0.05) is 22.9 Å². The summed E-state index contributed by atoms with van der Waals surface area (Å²) >= 11 is 3.46. The summed E-state index contributed by atoms with van der Waals surface area (Å²) < 4.78 is 6.48. The lowest BCUT2D eigenvalue weighted by molar-refractivity contribution is -0.124. The van der Waals surface area contributed by atoms with Crippen molar-refractivity contribution in [1.29, 1.82) is 0 Å². The molecule has 2 rings (SSSR count). The molecule has 3 N–H and O–H groups in total. The van der Waals surface area contributed by atoms with Crippen molar-refractivity contribution in [2.45, 2.75) is 25.9 Å². The van der Waals surface area contributed by atoms with Gasteiger partial charge < -0.3 is 20.7 Å². The molecular formula is C15H22BrN3O2. The van der Waals surface area contributed by atoms with Crippen LogP contribution in [0.25, 0.3) is 0 Å². The number of amides is 1. The second kappa shape index (κ2) is 7.77. The van der Waals surface area contributed by atoms with Gasteiger partial charge in [-0.25, -0.2) is 0 Å². The first-order chi connectivity index (χ1) is 10.2. The Morgan fingerprint density at radius 2 is 2.38 bits per heavy atom. The van der Waals surface area contributed by atoms with Gasteiger partial charge in [0.05, 0.1) is 13.2 Å². The maximum atomic E-state index is 12.3. The highest BCUT2D eigenvalue weighted by molar-refractivity contribution is 9.10. The van der Waals surface area contributed by atoms with Crippen molar-refractivity contribution in [2.75, 3.05) is 31.2 Å². The number of rotatable bonds is 5. The van der Waals surface area contributed by atoms with Crippen molar-refractivity contribution in [3.8, 4) is 0 Å². The standard InChI is InChI=1S/C15H22BrN3O2/c1-2-5-18-15(20)14-10-21-7-6-19(14)13-4-3-12(16)8-11(13)9-17/h3-4,8,14H,2,5-7,9-10,17H2,1H3,(H,18,20). The molecule has 1 unspecified atom stereocenters. The van der Waals surface area contributed by atoms with Gasteiger partial charge in [-0.15, -0.1) is 0 Å².